The average molecular weight is 343 g/mol. The lowest BCUT2D eigenvalue weighted by Crippen LogP contribution is -1.87. The number of nitrogens with one attached hydrogen (secondary N) is 1. The van der Waals surface area contributed by atoms with Crippen molar-refractivity contribution >= 4 is 53.4 Å². The molecule has 4 rings (SSSR count). The Balaban J connectivity index is 1.66. The molecular formula is C16H13N3O2S2. The van der Waals surface area contributed by atoms with Crippen LogP contribution in [0.1, 0.15) is 0 Å². The minimum absolute atomic E-state index is 0.807. The summed E-state index contributed by atoms with van der Waals surface area (Å²) >= 11 is 3.17. The Morgan fingerprint density at radius 3 is 2.22 bits per heavy atom. The van der Waals surface area contributed by atoms with Gasteiger partial charge in [0, 0.05) is 6.07 Å². The number of benzene rings is 2. The lowest BCUT2D eigenvalue weighted by Gasteiger charge is -1.96. The SMILES string of the molecule is COc1ccc2sc(Nc3nc4ccc(OC)cc4s3)nc2c1. The van der Waals surface area contributed by atoms with Crippen molar-refractivity contribution in [1.29, 1.82) is 0 Å². The van der Waals surface area contributed by atoms with Crippen molar-refractivity contribution in [3.05, 3.63) is 36.4 Å². The molecule has 0 saturated carbocycles. The van der Waals surface area contributed by atoms with E-state index in [1.54, 1.807) is 36.9 Å². The zero-order valence-electron chi connectivity index (χ0n) is 12.5. The number of methoxy groups -OCH3 is 2. The molecule has 0 aliphatic rings. The molecule has 4 aromatic rings. The lowest BCUT2D eigenvalue weighted by atomic mass is 10.3. The van der Waals surface area contributed by atoms with Gasteiger partial charge in [-0.2, -0.15) is 0 Å². The summed E-state index contributed by atoms with van der Waals surface area (Å²) in [6.07, 6.45) is 0. The first-order chi connectivity index (χ1) is 11.2. The van der Waals surface area contributed by atoms with E-state index < -0.39 is 0 Å². The Hall–Kier alpha value is -2.38. The Labute approximate surface area is 140 Å². The van der Waals surface area contributed by atoms with Crippen LogP contribution in [-0.2, 0) is 0 Å². The summed E-state index contributed by atoms with van der Waals surface area (Å²) < 4.78 is 12.7. The van der Waals surface area contributed by atoms with Gasteiger partial charge in [-0.3, -0.25) is 0 Å². The van der Waals surface area contributed by atoms with Crippen LogP contribution in [0.2, 0.25) is 0 Å². The first kappa shape index (κ1) is 14.2. The van der Waals surface area contributed by atoms with E-state index in [-0.39, 0.29) is 0 Å². The van der Waals surface area contributed by atoms with Crippen LogP contribution in [0.3, 0.4) is 0 Å². The largest absolute Gasteiger partial charge is 0.497 e. The van der Waals surface area contributed by atoms with E-state index in [2.05, 4.69) is 15.3 Å². The molecule has 2 aromatic carbocycles. The lowest BCUT2D eigenvalue weighted by molar-refractivity contribution is 0.415. The van der Waals surface area contributed by atoms with Crippen molar-refractivity contribution in [2.45, 2.75) is 0 Å². The van der Waals surface area contributed by atoms with Crippen molar-refractivity contribution in [3.8, 4) is 11.5 Å². The predicted octanol–water partition coefficient (Wildman–Crippen LogP) is 4.67. The highest BCUT2D eigenvalue weighted by Gasteiger charge is 2.09. The topological polar surface area (TPSA) is 56.3 Å². The van der Waals surface area contributed by atoms with E-state index in [0.29, 0.717) is 0 Å². The highest BCUT2D eigenvalue weighted by molar-refractivity contribution is 7.24. The molecule has 0 bridgehead atoms. The zero-order chi connectivity index (χ0) is 15.8. The minimum atomic E-state index is 0.807. The molecule has 23 heavy (non-hydrogen) atoms. The molecule has 116 valence electrons. The summed E-state index contributed by atoms with van der Waals surface area (Å²) in [4.78, 5) is 9.17. The van der Waals surface area contributed by atoms with Crippen LogP contribution < -0.4 is 14.8 Å². The summed E-state index contributed by atoms with van der Waals surface area (Å²) in [5, 5.41) is 4.93. The van der Waals surface area contributed by atoms with E-state index in [0.717, 1.165) is 42.2 Å². The quantitative estimate of drug-likeness (QED) is 0.584. The zero-order valence-corrected chi connectivity index (χ0v) is 14.1. The van der Waals surface area contributed by atoms with E-state index in [9.17, 15) is 0 Å². The predicted molar refractivity (Wildman–Crippen MR) is 95.6 cm³/mol. The molecule has 0 atom stereocenters. The molecule has 0 saturated heterocycles. The number of thiazole rings is 2. The van der Waals surface area contributed by atoms with Crippen molar-refractivity contribution < 1.29 is 9.47 Å². The first-order valence-electron chi connectivity index (χ1n) is 6.91. The molecule has 0 unspecified atom stereocenters. The third kappa shape index (κ3) is 2.69. The normalized spacial score (nSPS) is 11.0. The number of anilines is 2. The fourth-order valence-corrected chi connectivity index (χ4v) is 4.07. The maximum absolute atomic E-state index is 5.25. The fourth-order valence-electron chi connectivity index (χ4n) is 2.26. The third-order valence-electron chi connectivity index (χ3n) is 3.40. The van der Waals surface area contributed by atoms with Gasteiger partial charge in [-0.05, 0) is 30.3 Å². The number of rotatable bonds is 4. The molecule has 2 aromatic heterocycles. The molecule has 5 nitrogen and oxygen atoms in total. The highest BCUT2D eigenvalue weighted by atomic mass is 32.1. The molecule has 0 aliphatic heterocycles. The number of fused-ring (bicyclic) bond motifs is 2. The monoisotopic (exact) mass is 343 g/mol. The summed E-state index contributed by atoms with van der Waals surface area (Å²) in [6.45, 7) is 0. The van der Waals surface area contributed by atoms with Gasteiger partial charge in [0.15, 0.2) is 10.3 Å². The van der Waals surface area contributed by atoms with Crippen molar-refractivity contribution in [2.75, 3.05) is 19.5 Å². The van der Waals surface area contributed by atoms with Gasteiger partial charge in [0.1, 0.15) is 11.5 Å². The van der Waals surface area contributed by atoms with Gasteiger partial charge >= 0.3 is 0 Å². The average Bonchev–Trinajstić information content (AvgIpc) is 3.15. The van der Waals surface area contributed by atoms with Crippen LogP contribution in [0.5, 0.6) is 11.5 Å². The second-order valence-corrected chi connectivity index (χ2v) is 6.89. The van der Waals surface area contributed by atoms with Gasteiger partial charge in [0.2, 0.25) is 0 Å². The van der Waals surface area contributed by atoms with Crippen molar-refractivity contribution in [3.63, 3.8) is 0 Å². The van der Waals surface area contributed by atoms with Crippen molar-refractivity contribution in [1.82, 2.24) is 9.97 Å². The summed E-state index contributed by atoms with van der Waals surface area (Å²) in [5.41, 5.74) is 1.86. The van der Waals surface area contributed by atoms with E-state index in [1.807, 2.05) is 36.4 Å². The van der Waals surface area contributed by atoms with Crippen LogP contribution in [0.15, 0.2) is 36.4 Å². The van der Waals surface area contributed by atoms with Gasteiger partial charge in [-0.15, -0.1) is 0 Å². The van der Waals surface area contributed by atoms with E-state index in [1.165, 1.54) is 0 Å². The van der Waals surface area contributed by atoms with Crippen LogP contribution in [0.4, 0.5) is 10.3 Å². The molecule has 0 amide bonds. The smallest absolute Gasteiger partial charge is 0.190 e. The number of nitrogens with zero attached hydrogens (tertiary/aromatic N) is 2. The summed E-state index contributed by atoms with van der Waals surface area (Å²) in [7, 11) is 3.32. The Morgan fingerprint density at radius 2 is 1.43 bits per heavy atom. The van der Waals surface area contributed by atoms with E-state index in [4.69, 9.17) is 9.47 Å². The Kier molecular flexibility index (Phi) is 3.51. The summed E-state index contributed by atoms with van der Waals surface area (Å²) in [5.74, 6) is 1.64. The maximum Gasteiger partial charge on any atom is 0.190 e. The molecule has 0 aliphatic carbocycles. The highest BCUT2D eigenvalue weighted by Crippen LogP contribution is 2.34. The third-order valence-corrected chi connectivity index (χ3v) is 5.29. The van der Waals surface area contributed by atoms with Gasteiger partial charge in [0.05, 0.1) is 34.7 Å². The van der Waals surface area contributed by atoms with Crippen LogP contribution >= 0.6 is 22.7 Å². The molecule has 0 spiro atoms. The fraction of sp³-hybridized carbons (Fsp3) is 0.125. The number of hydrogen-bond donors (Lipinski definition) is 1. The molecular weight excluding hydrogens is 330 g/mol. The number of aromatic nitrogens is 2. The van der Waals surface area contributed by atoms with Crippen molar-refractivity contribution in [2.24, 2.45) is 0 Å². The number of hydrogen-bond acceptors (Lipinski definition) is 7. The molecule has 0 fully saturated rings. The molecule has 1 N–H and O–H groups in total. The van der Waals surface area contributed by atoms with Gasteiger partial charge in [-0.25, -0.2) is 9.97 Å². The van der Waals surface area contributed by atoms with Crippen LogP contribution in [0, 0.1) is 0 Å². The second-order valence-electron chi connectivity index (χ2n) is 4.83. The standard InChI is InChI=1S/C16H13N3O2S2/c1-20-9-4-6-13-12(7-9)18-16(22-13)19-15-17-11-5-3-10(21-2)8-14(11)23-15/h3-8H,1-2H3,(H,17,18,19). The first-order valence-corrected chi connectivity index (χ1v) is 8.54. The maximum atomic E-state index is 5.25. The minimum Gasteiger partial charge on any atom is -0.497 e. The van der Waals surface area contributed by atoms with Crippen LogP contribution in [-0.4, -0.2) is 24.2 Å². The van der Waals surface area contributed by atoms with Gasteiger partial charge < -0.3 is 14.8 Å². The number of ether oxygens (including phenoxy) is 2. The van der Waals surface area contributed by atoms with Gasteiger partial charge in [-0.1, -0.05) is 22.7 Å². The molecule has 2 heterocycles. The Morgan fingerprint density at radius 1 is 0.783 bits per heavy atom. The molecule has 7 heteroatoms. The second kappa shape index (κ2) is 5.68. The Bertz CT molecular complexity index is 913. The summed E-state index contributed by atoms with van der Waals surface area (Å²) in [6, 6.07) is 11.7. The van der Waals surface area contributed by atoms with Gasteiger partial charge in [0.25, 0.3) is 0 Å². The van der Waals surface area contributed by atoms with Crippen LogP contribution in [0.25, 0.3) is 20.4 Å². The molecule has 0 radical (unpaired) electrons. The van der Waals surface area contributed by atoms with E-state index >= 15 is 0 Å².